The Morgan fingerprint density at radius 3 is 2.56 bits per heavy atom. The first-order chi connectivity index (χ1) is 19.4. The fraction of sp³-hybridized carbons (Fsp3) is 0.750. The smallest absolute Gasteiger partial charge is 0.337 e. The molecule has 3 saturated carbocycles. The van der Waals surface area contributed by atoms with Crippen molar-refractivity contribution in [2.45, 2.75) is 97.1 Å². The maximum atomic E-state index is 13.7. The van der Waals surface area contributed by atoms with E-state index in [-0.39, 0.29) is 54.4 Å². The van der Waals surface area contributed by atoms with Crippen molar-refractivity contribution >= 4 is 23.7 Å². The summed E-state index contributed by atoms with van der Waals surface area (Å²) in [5.41, 5.74) is -0.754. The van der Waals surface area contributed by atoms with Crippen LogP contribution < -0.4 is 0 Å². The predicted octanol–water partition coefficient (Wildman–Crippen LogP) is 3.47. The lowest BCUT2D eigenvalue weighted by Crippen LogP contribution is -2.67. The van der Waals surface area contributed by atoms with E-state index in [9.17, 15) is 24.3 Å². The summed E-state index contributed by atoms with van der Waals surface area (Å²) in [5, 5.41) is 10.9. The minimum Gasteiger partial charge on any atom is -0.461 e. The molecule has 2 heterocycles. The first-order valence-corrected chi connectivity index (χ1v) is 15.1. The summed E-state index contributed by atoms with van der Waals surface area (Å²) >= 11 is 0. The van der Waals surface area contributed by atoms with Crippen LogP contribution in [0.2, 0.25) is 0 Å². The van der Waals surface area contributed by atoms with Crippen LogP contribution in [-0.4, -0.2) is 65.9 Å². The average molecular weight is 571 g/mol. The van der Waals surface area contributed by atoms with Crippen LogP contribution in [0.25, 0.3) is 0 Å². The van der Waals surface area contributed by atoms with Crippen molar-refractivity contribution < 1.29 is 43.2 Å². The van der Waals surface area contributed by atoms with Crippen molar-refractivity contribution in [3.63, 3.8) is 0 Å². The largest absolute Gasteiger partial charge is 0.461 e. The summed E-state index contributed by atoms with van der Waals surface area (Å²) in [6.07, 6.45) is 7.08. The number of aliphatic hydroxyl groups is 1. The number of rotatable bonds is 6. The number of carbonyl (C=O) groups excluding carboxylic acids is 4. The number of ketones is 1. The first-order valence-electron chi connectivity index (χ1n) is 15.1. The number of hydrogen-bond acceptors (Lipinski definition) is 9. The van der Waals surface area contributed by atoms with E-state index >= 15 is 0 Å². The topological polar surface area (TPSA) is 129 Å². The molecule has 6 rings (SSSR count). The molecule has 4 aliphatic carbocycles. The summed E-state index contributed by atoms with van der Waals surface area (Å²) < 4.78 is 23.0. The number of allylic oxidation sites excluding steroid dienone is 1. The highest BCUT2D eigenvalue weighted by molar-refractivity contribution is 5.99. The lowest BCUT2D eigenvalue weighted by molar-refractivity contribution is -0.174. The number of carbonyl (C=O) groups is 4. The summed E-state index contributed by atoms with van der Waals surface area (Å²) in [6, 6.07) is 0. The van der Waals surface area contributed by atoms with Crippen LogP contribution in [0, 0.1) is 40.4 Å². The van der Waals surface area contributed by atoms with E-state index in [0.717, 1.165) is 37.7 Å². The Morgan fingerprint density at radius 1 is 1.15 bits per heavy atom. The minimum absolute atomic E-state index is 0.00297. The second kappa shape index (κ2) is 9.76. The molecule has 1 spiro atoms. The number of epoxide rings is 1. The number of ether oxygens (including phenoxy) is 4. The standard InChI is InChI=1S/C32H42O9/c1-16-12-25(40-29(37)21(16)14-38-18(3)34)17(2)22-6-7-23-20-13-28-32(41-28)27(39-19(4)35)9-8-26(36)31(32,15-33)24(20)10-11-30(22,23)5/h8-9,17,20,22-25,27-28,33H,6-7,10-15H2,1-5H3/t17-,20-,22?,23-,24-,25+,27-,28+,30+,31-,32+/m0/s1. The van der Waals surface area contributed by atoms with Gasteiger partial charge in [0.1, 0.15) is 12.7 Å². The van der Waals surface area contributed by atoms with Gasteiger partial charge in [0.2, 0.25) is 0 Å². The molecule has 0 radical (unpaired) electrons. The normalized spacial score (nSPS) is 45.1. The Hall–Kier alpha value is -2.52. The van der Waals surface area contributed by atoms with E-state index in [1.165, 1.54) is 19.9 Å². The molecule has 9 heteroatoms. The first kappa shape index (κ1) is 28.6. The monoisotopic (exact) mass is 570 g/mol. The van der Waals surface area contributed by atoms with Gasteiger partial charge in [0.15, 0.2) is 17.5 Å². The number of fused-ring (bicyclic) bond motifs is 4. The third-order valence-electron chi connectivity index (χ3n) is 12.1. The maximum Gasteiger partial charge on any atom is 0.337 e. The molecule has 9 nitrogen and oxygen atoms in total. The fourth-order valence-electron chi connectivity index (χ4n) is 10.2. The molecule has 0 aromatic rings. The van der Waals surface area contributed by atoms with E-state index in [1.807, 2.05) is 6.92 Å². The molecular weight excluding hydrogens is 528 g/mol. The van der Waals surface area contributed by atoms with Gasteiger partial charge in [-0.05, 0) is 86.2 Å². The summed E-state index contributed by atoms with van der Waals surface area (Å²) in [5.74, 6) is -0.413. The highest BCUT2D eigenvalue weighted by atomic mass is 16.7. The molecule has 224 valence electrons. The molecule has 0 aromatic heterocycles. The summed E-state index contributed by atoms with van der Waals surface area (Å²) in [4.78, 5) is 49.8. The van der Waals surface area contributed by atoms with Gasteiger partial charge in [0.05, 0.1) is 23.7 Å². The predicted molar refractivity (Wildman–Crippen MR) is 145 cm³/mol. The van der Waals surface area contributed by atoms with E-state index in [0.29, 0.717) is 23.8 Å². The van der Waals surface area contributed by atoms with Crippen LogP contribution in [-0.2, 0) is 38.1 Å². The number of esters is 3. The van der Waals surface area contributed by atoms with Crippen LogP contribution in [0.4, 0.5) is 0 Å². The number of cyclic esters (lactones) is 1. The van der Waals surface area contributed by atoms with E-state index in [1.54, 1.807) is 6.08 Å². The van der Waals surface area contributed by atoms with Gasteiger partial charge >= 0.3 is 17.9 Å². The van der Waals surface area contributed by atoms with Crippen LogP contribution in [0.1, 0.15) is 73.1 Å². The second-order valence-corrected chi connectivity index (χ2v) is 13.7. The molecule has 1 N–H and O–H groups in total. The number of hydrogen-bond donors (Lipinski definition) is 1. The zero-order valence-electron chi connectivity index (χ0n) is 24.6. The minimum atomic E-state index is -1.11. The molecule has 0 bridgehead atoms. The van der Waals surface area contributed by atoms with Crippen LogP contribution in [0.15, 0.2) is 23.3 Å². The molecule has 0 aromatic carbocycles. The van der Waals surface area contributed by atoms with Crippen molar-refractivity contribution in [3.05, 3.63) is 23.3 Å². The van der Waals surface area contributed by atoms with Gasteiger partial charge in [-0.15, -0.1) is 0 Å². The molecule has 1 unspecified atom stereocenters. The van der Waals surface area contributed by atoms with Crippen molar-refractivity contribution in [3.8, 4) is 0 Å². The van der Waals surface area contributed by atoms with E-state index < -0.39 is 35.0 Å². The lowest BCUT2D eigenvalue weighted by Gasteiger charge is -2.58. The SMILES string of the molecule is CC(=O)OCC1=C(C)C[C@H]([C@@H](C)C2CC[C@H]3[C@@H]4C[C@H]5O[C@]56[C@@H](OC(C)=O)C=CC(=O)[C@]6(CO)[C@H]4CC[C@]23C)OC1=O. The van der Waals surface area contributed by atoms with E-state index in [2.05, 4.69) is 13.8 Å². The van der Waals surface area contributed by atoms with Gasteiger partial charge in [-0.3, -0.25) is 14.4 Å². The highest BCUT2D eigenvalue weighted by Crippen LogP contribution is 2.73. The third kappa shape index (κ3) is 3.94. The van der Waals surface area contributed by atoms with Crippen LogP contribution in [0.3, 0.4) is 0 Å². The Labute approximate surface area is 241 Å². The molecule has 11 atom stereocenters. The molecule has 2 aliphatic heterocycles. The van der Waals surface area contributed by atoms with Crippen molar-refractivity contribution in [1.29, 1.82) is 0 Å². The highest BCUT2D eigenvalue weighted by Gasteiger charge is 2.82. The van der Waals surface area contributed by atoms with Crippen molar-refractivity contribution in [2.24, 2.45) is 40.4 Å². The Bertz CT molecular complexity index is 1240. The Kier molecular flexibility index (Phi) is 6.81. The molecule has 0 amide bonds. The molecule has 1 saturated heterocycles. The van der Waals surface area contributed by atoms with Crippen molar-refractivity contribution in [1.82, 2.24) is 0 Å². The van der Waals surface area contributed by atoms with Crippen molar-refractivity contribution in [2.75, 3.05) is 13.2 Å². The lowest BCUT2D eigenvalue weighted by atomic mass is 9.44. The molecular formula is C32H42O9. The van der Waals surface area contributed by atoms with Gasteiger partial charge in [-0.2, -0.15) is 0 Å². The second-order valence-electron chi connectivity index (χ2n) is 13.7. The Balaban J connectivity index is 1.24. The molecule has 41 heavy (non-hydrogen) atoms. The van der Waals surface area contributed by atoms with Crippen LogP contribution >= 0.6 is 0 Å². The van der Waals surface area contributed by atoms with Gasteiger partial charge in [-0.25, -0.2) is 4.79 Å². The number of aliphatic hydroxyl groups excluding tert-OH is 1. The molecule has 4 fully saturated rings. The van der Waals surface area contributed by atoms with Crippen LogP contribution in [0.5, 0.6) is 0 Å². The average Bonchev–Trinajstić information content (AvgIpc) is 3.53. The van der Waals surface area contributed by atoms with Gasteiger partial charge in [0, 0.05) is 20.3 Å². The summed E-state index contributed by atoms with van der Waals surface area (Å²) in [6.45, 7) is 8.78. The quantitative estimate of drug-likeness (QED) is 0.290. The Morgan fingerprint density at radius 2 is 1.90 bits per heavy atom. The maximum absolute atomic E-state index is 13.7. The molecule has 6 aliphatic rings. The van der Waals surface area contributed by atoms with Gasteiger partial charge in [0.25, 0.3) is 0 Å². The summed E-state index contributed by atoms with van der Waals surface area (Å²) in [7, 11) is 0. The zero-order valence-corrected chi connectivity index (χ0v) is 24.6. The van der Waals surface area contributed by atoms with E-state index in [4.69, 9.17) is 18.9 Å². The fourth-order valence-corrected chi connectivity index (χ4v) is 10.2. The van der Waals surface area contributed by atoms with Gasteiger partial charge in [-0.1, -0.05) is 19.4 Å². The zero-order chi connectivity index (χ0) is 29.5. The van der Waals surface area contributed by atoms with Gasteiger partial charge < -0.3 is 24.1 Å². The third-order valence-corrected chi connectivity index (χ3v) is 12.1.